The number of carbonyl (C=O) groups excluding carboxylic acids is 2. The van der Waals surface area contributed by atoms with E-state index in [1.807, 2.05) is 6.08 Å². The van der Waals surface area contributed by atoms with Crippen LogP contribution in [0.1, 0.15) is 30.6 Å². The second-order valence-electron chi connectivity index (χ2n) is 7.68. The van der Waals surface area contributed by atoms with Gasteiger partial charge in [0.05, 0.1) is 24.2 Å². The normalized spacial score (nSPS) is 20.0. The van der Waals surface area contributed by atoms with Gasteiger partial charge >= 0.3 is 5.97 Å². The third-order valence-electron chi connectivity index (χ3n) is 5.35. The van der Waals surface area contributed by atoms with E-state index >= 15 is 0 Å². The first-order valence-corrected chi connectivity index (χ1v) is 13.7. The number of ether oxygens (including phenoxy) is 1. The number of carbonyl (C=O) groups is 2. The summed E-state index contributed by atoms with van der Waals surface area (Å²) >= 11 is 5.08. The van der Waals surface area contributed by atoms with E-state index in [4.69, 9.17) is 0 Å². The molecule has 0 unspecified atom stereocenters. The molecule has 1 N–H and O–H groups in total. The van der Waals surface area contributed by atoms with Crippen LogP contribution in [0.3, 0.4) is 0 Å². The van der Waals surface area contributed by atoms with Crippen molar-refractivity contribution in [2.45, 2.75) is 43.5 Å². The molecular formula is C24H30O4S3. The van der Waals surface area contributed by atoms with Gasteiger partial charge in [-0.15, -0.1) is 23.1 Å². The van der Waals surface area contributed by atoms with E-state index in [-0.39, 0.29) is 17.1 Å². The van der Waals surface area contributed by atoms with Gasteiger partial charge < -0.3 is 9.84 Å². The molecule has 0 saturated heterocycles. The molecule has 1 aromatic heterocycles. The summed E-state index contributed by atoms with van der Waals surface area (Å²) in [6, 6.07) is 10.6. The molecule has 1 aliphatic rings. The van der Waals surface area contributed by atoms with Crippen LogP contribution < -0.4 is 0 Å². The van der Waals surface area contributed by atoms with Crippen molar-refractivity contribution in [1.82, 2.24) is 0 Å². The minimum absolute atomic E-state index is 0.00310. The zero-order valence-electron chi connectivity index (χ0n) is 17.8. The second kappa shape index (κ2) is 12.7. The lowest BCUT2D eigenvalue weighted by Crippen LogP contribution is -2.17. The van der Waals surface area contributed by atoms with Crippen LogP contribution in [-0.4, -0.2) is 52.6 Å². The fourth-order valence-electron chi connectivity index (χ4n) is 3.66. The first kappa shape index (κ1) is 24.4. The standard InChI is InChI=1S/C24H30O4S3/c1-28-23(27)16-29-13-4-14-30-24-17(8-12-21(24)26)7-9-19(25)10-11-20-15-18-5-2-3-6-22(18)31-20/h2-3,5-7,9,15,17,19,24-25H,4,8,10-14,16H2,1H3/t17-,19-,24+/m0/s1. The van der Waals surface area contributed by atoms with Crippen LogP contribution in [0.25, 0.3) is 10.1 Å². The predicted octanol–water partition coefficient (Wildman–Crippen LogP) is 5.13. The number of aryl methyl sites for hydroxylation is 1. The summed E-state index contributed by atoms with van der Waals surface area (Å²) in [7, 11) is 1.40. The first-order chi connectivity index (χ1) is 15.1. The summed E-state index contributed by atoms with van der Waals surface area (Å²) in [5, 5.41) is 11.7. The van der Waals surface area contributed by atoms with Crippen molar-refractivity contribution >= 4 is 56.7 Å². The van der Waals surface area contributed by atoms with Crippen molar-refractivity contribution in [1.29, 1.82) is 0 Å². The molecule has 1 fully saturated rings. The molecule has 0 radical (unpaired) electrons. The molecule has 0 spiro atoms. The van der Waals surface area contributed by atoms with E-state index in [9.17, 15) is 14.7 Å². The smallest absolute Gasteiger partial charge is 0.315 e. The summed E-state index contributed by atoms with van der Waals surface area (Å²) in [6.45, 7) is 0. The lowest BCUT2D eigenvalue weighted by Gasteiger charge is -2.15. The average molecular weight is 479 g/mol. The Morgan fingerprint density at radius 2 is 2.19 bits per heavy atom. The molecule has 0 aliphatic heterocycles. The quantitative estimate of drug-likeness (QED) is 0.259. The van der Waals surface area contributed by atoms with Crippen LogP contribution >= 0.6 is 34.9 Å². The molecule has 1 heterocycles. The second-order valence-corrected chi connectivity index (χ2v) is 11.2. The van der Waals surface area contributed by atoms with Gasteiger partial charge in [-0.2, -0.15) is 11.8 Å². The minimum atomic E-state index is -0.485. The molecule has 3 atom stereocenters. The Labute approximate surface area is 196 Å². The van der Waals surface area contributed by atoms with Gasteiger partial charge in [0.2, 0.25) is 0 Å². The lowest BCUT2D eigenvalue weighted by molar-refractivity contribution is -0.137. The van der Waals surface area contributed by atoms with E-state index in [0.717, 1.165) is 30.8 Å². The zero-order valence-corrected chi connectivity index (χ0v) is 20.3. The summed E-state index contributed by atoms with van der Waals surface area (Å²) in [5.74, 6) is 2.51. The highest BCUT2D eigenvalue weighted by Crippen LogP contribution is 2.34. The molecule has 1 aliphatic carbocycles. The van der Waals surface area contributed by atoms with Crippen molar-refractivity contribution in [3.63, 3.8) is 0 Å². The van der Waals surface area contributed by atoms with Crippen LogP contribution in [0.2, 0.25) is 0 Å². The number of thioether (sulfide) groups is 2. The fraction of sp³-hybridized carbons (Fsp3) is 0.500. The summed E-state index contributed by atoms with van der Waals surface area (Å²) in [6.07, 6.45) is 7.47. The summed E-state index contributed by atoms with van der Waals surface area (Å²) in [4.78, 5) is 24.7. The number of rotatable bonds is 12. The van der Waals surface area contributed by atoms with Crippen LogP contribution in [0, 0.1) is 5.92 Å². The number of thiophene rings is 1. The monoisotopic (exact) mass is 478 g/mol. The number of Topliss-reactive ketones (excluding diaryl/α,β-unsaturated/α-hetero) is 1. The molecule has 0 bridgehead atoms. The molecule has 1 aromatic carbocycles. The number of esters is 1. The minimum Gasteiger partial charge on any atom is -0.468 e. The number of aliphatic hydroxyl groups excluding tert-OH is 1. The molecule has 31 heavy (non-hydrogen) atoms. The van der Waals surface area contributed by atoms with Gasteiger partial charge in [-0.05, 0) is 60.6 Å². The van der Waals surface area contributed by atoms with E-state index < -0.39 is 6.10 Å². The Balaban J connectivity index is 1.39. The summed E-state index contributed by atoms with van der Waals surface area (Å²) < 4.78 is 5.92. The maximum Gasteiger partial charge on any atom is 0.315 e. The van der Waals surface area contributed by atoms with E-state index in [1.165, 1.54) is 22.1 Å². The van der Waals surface area contributed by atoms with Crippen LogP contribution in [-0.2, 0) is 20.7 Å². The van der Waals surface area contributed by atoms with Crippen LogP contribution in [0.4, 0.5) is 0 Å². The highest BCUT2D eigenvalue weighted by Gasteiger charge is 2.33. The number of fused-ring (bicyclic) bond motifs is 1. The maximum atomic E-state index is 12.3. The third kappa shape index (κ3) is 7.67. The zero-order chi connectivity index (χ0) is 22.1. The molecule has 168 valence electrons. The average Bonchev–Trinajstić information content (AvgIpc) is 3.35. The van der Waals surface area contributed by atoms with Gasteiger partial charge in [-0.1, -0.05) is 30.4 Å². The number of hydrogen-bond donors (Lipinski definition) is 1. The number of benzene rings is 1. The Hall–Kier alpha value is -1.28. The first-order valence-electron chi connectivity index (χ1n) is 10.7. The third-order valence-corrected chi connectivity index (χ3v) is 9.04. The largest absolute Gasteiger partial charge is 0.468 e. The van der Waals surface area contributed by atoms with Gasteiger partial charge in [-0.25, -0.2) is 0 Å². The van der Waals surface area contributed by atoms with Crippen molar-refractivity contribution < 1.29 is 19.4 Å². The maximum absolute atomic E-state index is 12.3. The Morgan fingerprint density at radius 1 is 1.35 bits per heavy atom. The van der Waals surface area contributed by atoms with E-state index in [2.05, 4.69) is 41.1 Å². The topological polar surface area (TPSA) is 63.6 Å². The van der Waals surface area contributed by atoms with Crippen molar-refractivity contribution in [2.75, 3.05) is 24.4 Å². The van der Waals surface area contributed by atoms with Crippen molar-refractivity contribution in [3.05, 3.63) is 47.4 Å². The van der Waals surface area contributed by atoms with Crippen molar-refractivity contribution in [2.24, 2.45) is 5.92 Å². The number of aliphatic hydroxyl groups is 1. The molecular weight excluding hydrogens is 448 g/mol. The van der Waals surface area contributed by atoms with Gasteiger partial charge in [-0.3, -0.25) is 9.59 Å². The fourth-order valence-corrected chi connectivity index (χ4v) is 7.04. The van der Waals surface area contributed by atoms with E-state index in [1.54, 1.807) is 34.9 Å². The molecule has 7 heteroatoms. The number of methoxy groups -OCH3 is 1. The molecule has 1 saturated carbocycles. The highest BCUT2D eigenvalue weighted by atomic mass is 32.2. The lowest BCUT2D eigenvalue weighted by atomic mass is 10.0. The number of allylic oxidation sites excluding steroid dienone is 1. The molecule has 4 nitrogen and oxygen atoms in total. The van der Waals surface area contributed by atoms with Gasteiger partial charge in [0, 0.05) is 16.0 Å². The Bertz CT molecular complexity index is 859. The van der Waals surface area contributed by atoms with Gasteiger partial charge in [0.1, 0.15) is 5.78 Å². The van der Waals surface area contributed by atoms with Gasteiger partial charge in [0.15, 0.2) is 0 Å². The molecule has 3 rings (SSSR count). The Kier molecular flexibility index (Phi) is 9.96. The molecule has 0 amide bonds. The number of hydrogen-bond acceptors (Lipinski definition) is 7. The Morgan fingerprint density at radius 3 is 3.00 bits per heavy atom. The number of ketones is 1. The highest BCUT2D eigenvalue weighted by molar-refractivity contribution is 8.01. The molecule has 2 aromatic rings. The predicted molar refractivity (Wildman–Crippen MR) is 133 cm³/mol. The van der Waals surface area contributed by atoms with Crippen LogP contribution in [0.5, 0.6) is 0 Å². The summed E-state index contributed by atoms with van der Waals surface area (Å²) in [5.41, 5.74) is 0. The SMILES string of the molecule is COC(=O)CSCCCS[C@H]1C(=O)CC[C@@H]1C=C[C@H](O)CCc1cc2ccccc2s1. The van der Waals surface area contributed by atoms with Gasteiger partial charge in [0.25, 0.3) is 0 Å². The van der Waals surface area contributed by atoms with Crippen LogP contribution in [0.15, 0.2) is 42.5 Å². The van der Waals surface area contributed by atoms with E-state index in [0.29, 0.717) is 24.4 Å². The van der Waals surface area contributed by atoms with Crippen molar-refractivity contribution in [3.8, 4) is 0 Å².